The van der Waals surface area contributed by atoms with Crippen LogP contribution in [0, 0.1) is 0 Å². The summed E-state index contributed by atoms with van der Waals surface area (Å²) in [4.78, 5) is 0.842. The number of hydrogen-bond donors (Lipinski definition) is 1. The van der Waals surface area contributed by atoms with Crippen LogP contribution in [-0.2, 0) is 0 Å². The molecule has 1 rings (SSSR count). The first-order valence-electron chi connectivity index (χ1n) is 5.75. The third kappa shape index (κ3) is 3.13. The molecule has 1 aromatic carbocycles. The minimum absolute atomic E-state index is 0.341. The maximum absolute atomic E-state index is 13.0. The molecule has 0 aliphatic carbocycles. The topological polar surface area (TPSA) is 4.44 Å². The second-order valence-corrected chi connectivity index (χ2v) is 3.94. The van der Waals surface area contributed by atoms with E-state index in [9.17, 15) is 12.9 Å². The molecule has 0 saturated heterocycles. The van der Waals surface area contributed by atoms with Crippen LogP contribution < -0.4 is 10.4 Å². The molecule has 0 aromatic heterocycles. The first-order chi connectivity index (χ1) is 7.93. The van der Waals surface area contributed by atoms with Crippen molar-refractivity contribution in [3.8, 4) is 0 Å². The highest BCUT2D eigenvalue weighted by molar-refractivity contribution is 6.74. The summed E-state index contributed by atoms with van der Waals surface area (Å²) in [6.07, 6.45) is 1.44. The Kier molecular flexibility index (Phi) is 4.40. The van der Waals surface area contributed by atoms with Crippen LogP contribution in [0.15, 0.2) is 24.8 Å². The van der Waals surface area contributed by atoms with Crippen molar-refractivity contribution < 1.29 is 17.8 Å². The van der Waals surface area contributed by atoms with Crippen molar-refractivity contribution in [2.24, 2.45) is 0 Å². The molecule has 5 heteroatoms. The van der Waals surface area contributed by atoms with Crippen LogP contribution >= 0.6 is 0 Å². The lowest BCUT2D eigenvalue weighted by atomic mass is 9.77. The first kappa shape index (κ1) is 13.8. The number of hydrogen-bond acceptors (Lipinski definition) is 0. The molecular weight excluding hydrogens is 226 g/mol. The number of benzene rings is 1. The fourth-order valence-corrected chi connectivity index (χ4v) is 1.93. The van der Waals surface area contributed by atoms with E-state index in [1.54, 1.807) is 12.1 Å². The van der Waals surface area contributed by atoms with Gasteiger partial charge in [-0.2, -0.15) is 0 Å². The van der Waals surface area contributed by atoms with Gasteiger partial charge in [-0.05, 0) is 37.0 Å². The van der Waals surface area contributed by atoms with E-state index in [1.165, 1.54) is 12.1 Å². The summed E-state index contributed by atoms with van der Waals surface area (Å²) in [5.74, 6) is 0. The molecule has 94 valence electrons. The highest BCUT2D eigenvalue weighted by atomic mass is 19.4. The monoisotopic (exact) mass is 243 g/mol. The van der Waals surface area contributed by atoms with Gasteiger partial charge >= 0.3 is 6.98 Å². The molecule has 0 aliphatic rings. The summed E-state index contributed by atoms with van der Waals surface area (Å²) in [6.45, 7) is 3.57. The zero-order valence-electron chi connectivity index (χ0n) is 10.1. The molecule has 0 saturated carbocycles. The van der Waals surface area contributed by atoms with Gasteiger partial charge in [0, 0.05) is 0 Å². The average Bonchev–Trinajstić information content (AvgIpc) is 2.29. The first-order valence-corrected chi connectivity index (χ1v) is 5.75. The van der Waals surface area contributed by atoms with E-state index in [1.807, 2.05) is 13.8 Å². The molecule has 0 fully saturated rings. The Hall–Kier alpha value is -1.23. The van der Waals surface area contributed by atoms with E-state index in [4.69, 9.17) is 0 Å². The van der Waals surface area contributed by atoms with Gasteiger partial charge < -0.3 is 17.8 Å². The standard InChI is InChI=1S/C12H16BF3N/c1-4-10-7-8-12(17(5-2)6-3)11(9-10)13(14,15)16/h4,7-9H,1,5-6H2,2-3H3/q-1/p+1. The van der Waals surface area contributed by atoms with Gasteiger partial charge in [-0.3, -0.25) is 0 Å². The van der Waals surface area contributed by atoms with E-state index >= 15 is 0 Å². The summed E-state index contributed by atoms with van der Waals surface area (Å²) in [6, 6.07) is 4.43. The Labute approximate surface area is 100.0 Å². The zero-order valence-corrected chi connectivity index (χ0v) is 10.1. The molecule has 1 nitrogen and oxygen atoms in total. The number of rotatable bonds is 5. The second-order valence-electron chi connectivity index (χ2n) is 3.94. The molecule has 0 amide bonds. The summed E-state index contributed by atoms with van der Waals surface area (Å²) in [5.41, 5.74) is 0.351. The highest BCUT2D eigenvalue weighted by Gasteiger charge is 2.32. The molecule has 0 spiro atoms. The van der Waals surface area contributed by atoms with Gasteiger partial charge in [-0.1, -0.05) is 18.7 Å². The Morgan fingerprint density at radius 2 is 1.82 bits per heavy atom. The predicted molar refractivity (Wildman–Crippen MR) is 66.9 cm³/mol. The van der Waals surface area contributed by atoms with Gasteiger partial charge in [0.2, 0.25) is 0 Å². The molecule has 17 heavy (non-hydrogen) atoms. The van der Waals surface area contributed by atoms with E-state index in [0.717, 1.165) is 4.90 Å². The quantitative estimate of drug-likeness (QED) is 0.754. The van der Waals surface area contributed by atoms with Crippen molar-refractivity contribution in [3.63, 3.8) is 0 Å². The SMILES string of the molecule is C=Cc1ccc([NH+](CC)CC)c([B-](F)(F)F)c1. The van der Waals surface area contributed by atoms with Gasteiger partial charge in [0.15, 0.2) is 0 Å². The Balaban J connectivity index is 3.34. The van der Waals surface area contributed by atoms with Crippen LogP contribution in [0.1, 0.15) is 19.4 Å². The lowest BCUT2D eigenvalue weighted by molar-refractivity contribution is -0.827. The van der Waals surface area contributed by atoms with Crippen molar-refractivity contribution in [2.45, 2.75) is 13.8 Å². The van der Waals surface area contributed by atoms with Gasteiger partial charge in [0.1, 0.15) is 5.69 Å². The Morgan fingerprint density at radius 3 is 2.24 bits per heavy atom. The lowest BCUT2D eigenvalue weighted by Gasteiger charge is -2.24. The summed E-state index contributed by atoms with van der Waals surface area (Å²) < 4.78 is 39.0. The second kappa shape index (κ2) is 5.40. The number of nitrogens with one attached hydrogen (secondary N) is 1. The molecule has 0 atom stereocenters. The highest BCUT2D eigenvalue weighted by Crippen LogP contribution is 2.15. The lowest BCUT2D eigenvalue weighted by Crippen LogP contribution is -3.07. The molecule has 0 bridgehead atoms. The van der Waals surface area contributed by atoms with E-state index in [-0.39, 0.29) is 0 Å². The normalized spacial score (nSPS) is 11.9. The third-order valence-electron chi connectivity index (χ3n) is 2.90. The summed E-state index contributed by atoms with van der Waals surface area (Å²) >= 11 is 0. The number of quaternary nitrogens is 1. The molecule has 1 aromatic rings. The van der Waals surface area contributed by atoms with Crippen LogP contribution in [0.3, 0.4) is 0 Å². The van der Waals surface area contributed by atoms with E-state index in [2.05, 4.69) is 6.58 Å². The molecule has 0 radical (unpaired) electrons. The Bertz CT molecular complexity index is 397. The minimum Gasteiger partial charge on any atom is -0.445 e. The van der Waals surface area contributed by atoms with Gasteiger partial charge in [0.25, 0.3) is 0 Å². The van der Waals surface area contributed by atoms with Crippen LogP contribution in [-0.4, -0.2) is 20.1 Å². The maximum Gasteiger partial charge on any atom is 0.515 e. The molecule has 0 unspecified atom stereocenters. The average molecular weight is 243 g/mol. The molecule has 1 N–H and O–H groups in total. The fraction of sp³-hybridized carbons (Fsp3) is 0.333. The largest absolute Gasteiger partial charge is 0.515 e. The molecular formula is C12H17BF3N. The van der Waals surface area contributed by atoms with Crippen molar-refractivity contribution in [1.82, 2.24) is 0 Å². The van der Waals surface area contributed by atoms with E-state index in [0.29, 0.717) is 24.3 Å². The smallest absolute Gasteiger partial charge is 0.445 e. The van der Waals surface area contributed by atoms with Crippen LogP contribution in [0.2, 0.25) is 0 Å². The summed E-state index contributed by atoms with van der Waals surface area (Å²) in [7, 11) is 0. The van der Waals surface area contributed by atoms with Crippen molar-refractivity contribution in [1.29, 1.82) is 0 Å². The maximum atomic E-state index is 13.0. The predicted octanol–water partition coefficient (Wildman–Crippen LogP) is 1.94. The van der Waals surface area contributed by atoms with Gasteiger partial charge in [-0.25, -0.2) is 0 Å². The minimum atomic E-state index is -4.98. The van der Waals surface area contributed by atoms with Crippen LogP contribution in [0.5, 0.6) is 0 Å². The fourth-order valence-electron chi connectivity index (χ4n) is 1.93. The number of halogens is 3. The zero-order chi connectivity index (χ0) is 13.1. The molecule has 0 aliphatic heterocycles. The van der Waals surface area contributed by atoms with Crippen molar-refractivity contribution >= 4 is 24.2 Å². The van der Waals surface area contributed by atoms with Crippen LogP contribution in [0.25, 0.3) is 6.08 Å². The Morgan fingerprint density at radius 1 is 1.24 bits per heavy atom. The van der Waals surface area contributed by atoms with Gasteiger partial charge in [0.05, 0.1) is 13.1 Å². The third-order valence-corrected chi connectivity index (χ3v) is 2.90. The van der Waals surface area contributed by atoms with E-state index < -0.39 is 12.4 Å². The van der Waals surface area contributed by atoms with Crippen molar-refractivity contribution in [2.75, 3.05) is 13.1 Å². The molecule has 0 heterocycles. The van der Waals surface area contributed by atoms with Crippen LogP contribution in [0.4, 0.5) is 18.6 Å². The van der Waals surface area contributed by atoms with Gasteiger partial charge in [-0.15, -0.1) is 0 Å². The van der Waals surface area contributed by atoms with Crippen molar-refractivity contribution in [3.05, 3.63) is 30.3 Å². The summed E-state index contributed by atoms with van der Waals surface area (Å²) in [5, 5.41) is 0.